The van der Waals surface area contributed by atoms with E-state index in [0.29, 0.717) is 31.0 Å². The molecular formula is C44H66ClN5O10. The Morgan fingerprint density at radius 2 is 1.68 bits per heavy atom. The first-order valence-electron chi connectivity index (χ1n) is 21.3. The molecule has 3 fully saturated rings. The van der Waals surface area contributed by atoms with E-state index in [1.807, 2.05) is 57.3 Å². The molecule has 0 aromatic carbocycles. The third kappa shape index (κ3) is 9.61. The lowest BCUT2D eigenvalue weighted by atomic mass is 9.73. The molecule has 0 aliphatic carbocycles. The molecule has 1 N–H and O–H groups in total. The Labute approximate surface area is 359 Å². The van der Waals surface area contributed by atoms with Crippen LogP contribution in [0.15, 0.2) is 24.7 Å². The predicted octanol–water partition coefficient (Wildman–Crippen LogP) is 5.89. The van der Waals surface area contributed by atoms with E-state index >= 15 is 0 Å². The number of fused-ring (bicyclic) bond motifs is 1. The number of aliphatic hydroxyl groups excluding tert-OH is 1. The van der Waals surface area contributed by atoms with Gasteiger partial charge in [0.05, 0.1) is 35.9 Å². The fourth-order valence-electron chi connectivity index (χ4n) is 9.74. The second kappa shape index (κ2) is 19.3. The average molecular weight is 860 g/mol. The maximum absolute atomic E-state index is 14.8. The molecule has 0 radical (unpaired) electrons. The number of esters is 1. The summed E-state index contributed by atoms with van der Waals surface area (Å²) in [6, 6.07) is 2.51. The minimum Gasteiger partial charge on any atom is -0.458 e. The molecule has 0 spiro atoms. The summed E-state index contributed by atoms with van der Waals surface area (Å²) in [5, 5.41) is 11.9. The molecule has 3 aliphatic heterocycles. The summed E-state index contributed by atoms with van der Waals surface area (Å²) < 4.78 is 33.3. The number of nitrogens with zero attached hydrogens (tertiary/aromatic N) is 5. The van der Waals surface area contributed by atoms with Crippen molar-refractivity contribution in [3.05, 3.63) is 35.5 Å². The van der Waals surface area contributed by atoms with Crippen molar-refractivity contribution in [1.82, 2.24) is 24.3 Å². The number of carbonyl (C=O) groups excluding carboxylic acids is 4. The Bertz CT molecular complexity index is 1840. The van der Waals surface area contributed by atoms with E-state index in [2.05, 4.69) is 9.97 Å². The SMILES string of the molecule is CC[C@H]1OC(=O)[C@H](C)C(=O)[C@H](C)[C@@H](OC2O[C@H](C)C[C@H](N(C)C)[C@H]2O)[C@@](C)(OC)C[C@@H](C)C(=O)[C@H](C)[C@H]2N(CCCCn3cnc(-c4ccc(Cl)nc4)c3C)C(=O)O[C@]12C. The van der Waals surface area contributed by atoms with Crippen LogP contribution in [0.2, 0.25) is 5.15 Å². The highest BCUT2D eigenvalue weighted by Crippen LogP contribution is 2.43. The summed E-state index contributed by atoms with van der Waals surface area (Å²) in [5.74, 6) is -5.01. The number of carbonyl (C=O) groups is 4. The van der Waals surface area contributed by atoms with Crippen molar-refractivity contribution >= 4 is 35.2 Å². The normalized spacial score (nSPS) is 35.9. The van der Waals surface area contributed by atoms with E-state index < -0.39 is 83.4 Å². The fourth-order valence-corrected chi connectivity index (χ4v) is 9.85. The van der Waals surface area contributed by atoms with Crippen LogP contribution in [0.5, 0.6) is 0 Å². The number of Topliss-reactive ketones (excluding diaryl/α,β-unsaturated/α-hetero) is 2. The molecule has 15 nitrogen and oxygen atoms in total. The molecule has 334 valence electrons. The zero-order valence-corrected chi connectivity index (χ0v) is 38.1. The molecule has 0 bridgehead atoms. The first-order valence-corrected chi connectivity index (χ1v) is 21.7. The van der Waals surface area contributed by atoms with Crippen LogP contribution in [0.3, 0.4) is 0 Å². The van der Waals surface area contributed by atoms with E-state index in [9.17, 15) is 24.3 Å². The van der Waals surface area contributed by atoms with E-state index in [1.165, 1.54) is 14.0 Å². The zero-order valence-electron chi connectivity index (χ0n) is 37.3. The number of aromatic nitrogens is 3. The highest BCUT2D eigenvalue weighted by Gasteiger charge is 2.60. The Kier molecular flexibility index (Phi) is 15.3. The van der Waals surface area contributed by atoms with Crippen molar-refractivity contribution in [2.45, 2.75) is 155 Å². The van der Waals surface area contributed by atoms with Gasteiger partial charge in [-0.25, -0.2) is 14.8 Å². The number of aryl methyl sites for hydroxylation is 1. The maximum atomic E-state index is 14.8. The fraction of sp³-hybridized carbons (Fsp3) is 0.727. The van der Waals surface area contributed by atoms with Gasteiger partial charge in [-0.05, 0) is 93.0 Å². The van der Waals surface area contributed by atoms with Gasteiger partial charge in [0, 0.05) is 61.4 Å². The summed E-state index contributed by atoms with van der Waals surface area (Å²) in [7, 11) is 5.24. The number of hydrogen-bond acceptors (Lipinski definition) is 13. The van der Waals surface area contributed by atoms with Crippen molar-refractivity contribution in [2.75, 3.05) is 27.7 Å². The predicted molar refractivity (Wildman–Crippen MR) is 224 cm³/mol. The first-order chi connectivity index (χ1) is 28.2. The smallest absolute Gasteiger partial charge is 0.410 e. The van der Waals surface area contributed by atoms with Gasteiger partial charge in [0.25, 0.3) is 0 Å². The number of likely N-dealkylation sites (N-methyl/N-ethyl adjacent to an activating group) is 1. The second-order valence-corrected chi connectivity index (χ2v) is 18.2. The van der Waals surface area contributed by atoms with Gasteiger partial charge in [0.1, 0.15) is 29.1 Å². The zero-order chi connectivity index (χ0) is 44.4. The second-order valence-electron chi connectivity index (χ2n) is 17.8. The van der Waals surface area contributed by atoms with Crippen LogP contribution in [-0.4, -0.2) is 135 Å². The van der Waals surface area contributed by atoms with Crippen molar-refractivity contribution in [3.8, 4) is 11.3 Å². The summed E-state index contributed by atoms with van der Waals surface area (Å²) in [4.78, 5) is 69.3. The quantitative estimate of drug-likeness (QED) is 0.123. The lowest BCUT2D eigenvalue weighted by Gasteiger charge is -2.47. The maximum Gasteiger partial charge on any atom is 0.410 e. The molecule has 3 saturated heterocycles. The molecule has 13 atom stereocenters. The van der Waals surface area contributed by atoms with Gasteiger partial charge >= 0.3 is 12.1 Å². The van der Waals surface area contributed by atoms with E-state index in [-0.39, 0.29) is 37.3 Å². The number of rotatable bonds is 11. The first kappa shape index (κ1) is 47.6. The Balaban J connectivity index is 1.43. The topological polar surface area (TPSA) is 172 Å². The van der Waals surface area contributed by atoms with E-state index in [0.717, 1.165) is 17.0 Å². The average Bonchev–Trinajstić information content (AvgIpc) is 3.70. The molecule has 5 rings (SSSR count). The third-order valence-corrected chi connectivity index (χ3v) is 13.5. The van der Waals surface area contributed by atoms with Crippen LogP contribution in [0.25, 0.3) is 11.3 Å². The van der Waals surface area contributed by atoms with Gasteiger partial charge in [-0.15, -0.1) is 0 Å². The lowest BCUT2D eigenvalue weighted by molar-refractivity contribution is -0.295. The minimum absolute atomic E-state index is 0.122. The van der Waals surface area contributed by atoms with Gasteiger partial charge in [-0.2, -0.15) is 0 Å². The number of unbranched alkanes of at least 4 members (excludes halogenated alkanes) is 1. The van der Waals surface area contributed by atoms with Crippen LogP contribution < -0.4 is 0 Å². The lowest BCUT2D eigenvalue weighted by Crippen LogP contribution is -2.60. The van der Waals surface area contributed by atoms with Gasteiger partial charge in [0.15, 0.2) is 17.7 Å². The molecule has 2 aromatic rings. The number of halogens is 1. The Morgan fingerprint density at radius 3 is 2.30 bits per heavy atom. The third-order valence-electron chi connectivity index (χ3n) is 13.3. The van der Waals surface area contributed by atoms with Crippen LogP contribution in [0.1, 0.15) is 93.2 Å². The van der Waals surface area contributed by atoms with Crippen molar-refractivity contribution in [2.24, 2.45) is 23.7 Å². The Morgan fingerprint density at radius 1 is 1.00 bits per heavy atom. The number of imidazole rings is 1. The van der Waals surface area contributed by atoms with E-state index in [1.54, 1.807) is 51.2 Å². The highest BCUT2D eigenvalue weighted by molar-refractivity contribution is 6.29. The van der Waals surface area contributed by atoms with E-state index in [4.69, 9.17) is 35.3 Å². The molecule has 60 heavy (non-hydrogen) atoms. The standard InChI is InChI=1S/C44H66ClN5O10/c1-13-32-44(9)38(50(42(55)60-44)19-15-14-18-49-23-47-34(29(49)7)30-16-17-33(45)46-22-30)26(4)35(51)24(2)21-43(8,56-12)39(27(5)36(52)28(6)40(54)58-32)59-41-37(53)31(48(10)11)20-25(3)57-41/h16-17,22-28,31-32,37-39,41,53H,13-15,18-21H2,1-12H3/t24-,25-,26+,27+,28-,31+,32-,37-,38-,39-,41?,43+,44-/m1/s1. The molecule has 2 aromatic heterocycles. The van der Waals surface area contributed by atoms with Gasteiger partial charge < -0.3 is 43.2 Å². The van der Waals surface area contributed by atoms with Crippen LogP contribution >= 0.6 is 11.6 Å². The van der Waals surface area contributed by atoms with Crippen LogP contribution in [0.4, 0.5) is 4.79 Å². The molecular weight excluding hydrogens is 794 g/mol. The molecule has 5 heterocycles. The number of cyclic esters (lactones) is 1. The number of aliphatic hydroxyl groups is 1. The minimum atomic E-state index is -1.42. The summed E-state index contributed by atoms with van der Waals surface area (Å²) in [6.45, 7) is 16.9. The number of hydrogen-bond donors (Lipinski definition) is 1. The molecule has 1 amide bonds. The monoisotopic (exact) mass is 859 g/mol. The molecule has 16 heteroatoms. The summed E-state index contributed by atoms with van der Waals surface area (Å²) >= 11 is 5.99. The summed E-state index contributed by atoms with van der Waals surface area (Å²) in [6.07, 6.45) is 0.614. The number of ether oxygens (including phenoxy) is 5. The molecule has 1 unspecified atom stereocenters. The number of amides is 1. The van der Waals surface area contributed by atoms with Crippen molar-refractivity contribution in [1.29, 1.82) is 0 Å². The van der Waals surface area contributed by atoms with Crippen LogP contribution in [-0.2, 0) is 44.6 Å². The largest absolute Gasteiger partial charge is 0.458 e. The molecule has 3 aliphatic rings. The molecule has 0 saturated carbocycles. The summed E-state index contributed by atoms with van der Waals surface area (Å²) in [5.41, 5.74) is -0.0656. The van der Waals surface area contributed by atoms with Crippen LogP contribution in [0, 0.1) is 30.6 Å². The van der Waals surface area contributed by atoms with Gasteiger partial charge in [0.2, 0.25) is 0 Å². The number of methoxy groups -OCH3 is 1. The number of pyridine rings is 1. The van der Waals surface area contributed by atoms with Crippen molar-refractivity contribution < 1.29 is 48.0 Å². The highest BCUT2D eigenvalue weighted by atomic mass is 35.5. The van der Waals surface area contributed by atoms with Gasteiger partial charge in [-0.3, -0.25) is 14.4 Å². The van der Waals surface area contributed by atoms with Crippen molar-refractivity contribution in [3.63, 3.8) is 0 Å². The number of ketones is 2. The Hall–Kier alpha value is -3.47. The van der Waals surface area contributed by atoms with Gasteiger partial charge in [-0.1, -0.05) is 39.3 Å².